The molecule has 3 aromatic rings. The highest BCUT2D eigenvalue weighted by Crippen LogP contribution is 2.69. The quantitative estimate of drug-likeness (QED) is 0.518. The van der Waals surface area contributed by atoms with Gasteiger partial charge in [0.15, 0.2) is 0 Å². The number of nitrogens with zero attached hydrogens (tertiary/aromatic N) is 3. The highest BCUT2D eigenvalue weighted by molar-refractivity contribution is 5.88. The molecule has 33 heavy (non-hydrogen) atoms. The third kappa shape index (κ3) is 1.81. The van der Waals surface area contributed by atoms with Crippen LogP contribution in [0.3, 0.4) is 0 Å². The minimum Gasteiger partial charge on any atom is -0.246 e. The van der Waals surface area contributed by atoms with Crippen molar-refractivity contribution in [1.29, 1.82) is 0 Å². The number of hydrogen-bond donors (Lipinski definition) is 0. The van der Waals surface area contributed by atoms with E-state index >= 15 is 0 Å². The molecule has 0 saturated heterocycles. The molecule has 3 heterocycles. The summed E-state index contributed by atoms with van der Waals surface area (Å²) in [5, 5.41) is 2.42. The minimum absolute atomic E-state index is 0.0123. The number of aromatic nitrogens is 3. The number of rotatable bonds is 1. The predicted molar refractivity (Wildman–Crippen MR) is 128 cm³/mol. The summed E-state index contributed by atoms with van der Waals surface area (Å²) in [4.78, 5) is 28.2. The van der Waals surface area contributed by atoms with Crippen LogP contribution < -0.4 is 11.4 Å². The molecular weight excluding hydrogens is 410 g/mol. The van der Waals surface area contributed by atoms with Crippen LogP contribution in [0.1, 0.15) is 69.3 Å². The van der Waals surface area contributed by atoms with Gasteiger partial charge in [-0.2, -0.15) is 0 Å². The number of fused-ring (bicyclic) bond motifs is 3. The van der Waals surface area contributed by atoms with E-state index in [0.29, 0.717) is 11.8 Å². The van der Waals surface area contributed by atoms with E-state index in [1.807, 2.05) is 9.36 Å². The maximum absolute atomic E-state index is 14.1. The summed E-state index contributed by atoms with van der Waals surface area (Å²) in [7, 11) is 0. The third-order valence-corrected chi connectivity index (χ3v) is 11.0. The summed E-state index contributed by atoms with van der Waals surface area (Å²) < 4.78 is 5.38. The molecule has 9 rings (SSSR count). The van der Waals surface area contributed by atoms with Crippen molar-refractivity contribution < 1.29 is 0 Å². The van der Waals surface area contributed by atoms with Gasteiger partial charge >= 0.3 is 11.4 Å². The molecule has 4 aliphatic carbocycles. The standard InChI is InChI=1S/C28H29N3O2/c1-27(2)16-12-13-28(27,3)21(14-16)29-25(32)30-23-18-10-11-19(18)24(31(30)26(29)33)22-17-7-5-4-6-15(17)8-9-20(22)23/h4-11,16,18-19,21,23-24H,12-14H2,1-3H3. The van der Waals surface area contributed by atoms with Crippen LogP contribution in [-0.4, -0.2) is 13.9 Å². The zero-order valence-electron chi connectivity index (χ0n) is 19.4. The average Bonchev–Trinajstić information content (AvgIpc) is 3.25. The molecule has 168 valence electrons. The summed E-state index contributed by atoms with van der Waals surface area (Å²) in [6.45, 7) is 7.01. The van der Waals surface area contributed by atoms with Crippen LogP contribution in [0.5, 0.6) is 0 Å². The monoisotopic (exact) mass is 439 g/mol. The van der Waals surface area contributed by atoms with E-state index in [1.54, 1.807) is 4.57 Å². The lowest BCUT2D eigenvalue weighted by molar-refractivity contribution is 0.103. The van der Waals surface area contributed by atoms with Crippen LogP contribution in [0.25, 0.3) is 10.8 Å². The van der Waals surface area contributed by atoms with E-state index in [2.05, 4.69) is 69.3 Å². The van der Waals surface area contributed by atoms with Gasteiger partial charge in [0.2, 0.25) is 0 Å². The Kier molecular flexibility index (Phi) is 3.07. The van der Waals surface area contributed by atoms with Gasteiger partial charge < -0.3 is 0 Å². The van der Waals surface area contributed by atoms with Gasteiger partial charge in [-0.3, -0.25) is 0 Å². The fourth-order valence-electron chi connectivity index (χ4n) is 8.69. The van der Waals surface area contributed by atoms with Crippen LogP contribution in [0, 0.1) is 28.6 Å². The zero-order valence-corrected chi connectivity index (χ0v) is 19.4. The third-order valence-electron chi connectivity index (χ3n) is 11.0. The predicted octanol–water partition coefficient (Wildman–Crippen LogP) is 4.66. The second-order valence-electron chi connectivity index (χ2n) is 12.0. The van der Waals surface area contributed by atoms with E-state index in [0.717, 1.165) is 12.8 Å². The van der Waals surface area contributed by atoms with Gasteiger partial charge in [-0.05, 0) is 57.9 Å². The van der Waals surface area contributed by atoms with Gasteiger partial charge in [-0.25, -0.2) is 23.5 Å². The highest BCUT2D eigenvalue weighted by Gasteiger charge is 2.63. The fourth-order valence-corrected chi connectivity index (χ4v) is 8.69. The molecule has 2 aliphatic heterocycles. The topological polar surface area (TPSA) is 48.9 Å². The lowest BCUT2D eigenvalue weighted by Gasteiger charge is -2.52. The zero-order chi connectivity index (χ0) is 22.4. The molecule has 7 unspecified atom stereocenters. The Morgan fingerprint density at radius 3 is 2.24 bits per heavy atom. The second kappa shape index (κ2) is 5.45. The summed E-state index contributed by atoms with van der Waals surface area (Å²) in [5.41, 5.74) is 2.42. The number of hydrogen-bond acceptors (Lipinski definition) is 2. The van der Waals surface area contributed by atoms with Crippen LogP contribution in [0.4, 0.5) is 0 Å². The molecule has 4 bridgehead atoms. The summed E-state index contributed by atoms with van der Waals surface area (Å²) in [6, 6.07) is 12.6. The van der Waals surface area contributed by atoms with Crippen molar-refractivity contribution in [3.8, 4) is 0 Å². The van der Waals surface area contributed by atoms with E-state index in [-0.39, 0.29) is 46.3 Å². The highest BCUT2D eigenvalue weighted by atomic mass is 16.2. The maximum Gasteiger partial charge on any atom is 0.348 e. The SMILES string of the molecule is CC1(C)C2CCC1(C)C(n1c(=O)n3n(c1=O)C1c4c(ccc5ccccc45)C3C3C=CC31)C2. The first-order valence-electron chi connectivity index (χ1n) is 12.5. The van der Waals surface area contributed by atoms with E-state index in [4.69, 9.17) is 0 Å². The van der Waals surface area contributed by atoms with Crippen LogP contribution in [0.2, 0.25) is 0 Å². The Balaban J connectivity index is 1.41. The maximum atomic E-state index is 14.1. The van der Waals surface area contributed by atoms with E-state index in [1.165, 1.54) is 28.3 Å². The molecule has 0 N–H and O–H groups in total. The first-order chi connectivity index (χ1) is 15.8. The smallest absolute Gasteiger partial charge is 0.246 e. The van der Waals surface area contributed by atoms with Gasteiger partial charge in [-0.1, -0.05) is 69.3 Å². The van der Waals surface area contributed by atoms with Gasteiger partial charge in [0.25, 0.3) is 0 Å². The molecule has 2 fully saturated rings. The Morgan fingerprint density at radius 2 is 1.58 bits per heavy atom. The molecule has 0 spiro atoms. The average molecular weight is 440 g/mol. The molecule has 6 aliphatic rings. The van der Waals surface area contributed by atoms with Gasteiger partial charge in [0.05, 0.1) is 12.1 Å². The lowest BCUT2D eigenvalue weighted by atomic mass is 9.62. The van der Waals surface area contributed by atoms with Crippen molar-refractivity contribution in [3.05, 3.63) is 80.6 Å². The second-order valence-corrected chi connectivity index (χ2v) is 12.0. The van der Waals surface area contributed by atoms with Crippen molar-refractivity contribution in [2.24, 2.45) is 28.6 Å². The van der Waals surface area contributed by atoms with E-state index in [9.17, 15) is 9.59 Å². The van der Waals surface area contributed by atoms with Crippen LogP contribution in [0.15, 0.2) is 58.1 Å². The van der Waals surface area contributed by atoms with Gasteiger partial charge in [-0.15, -0.1) is 0 Å². The van der Waals surface area contributed by atoms with Gasteiger partial charge in [0, 0.05) is 17.9 Å². The first kappa shape index (κ1) is 18.6. The summed E-state index contributed by atoms with van der Waals surface area (Å²) >= 11 is 0. The van der Waals surface area contributed by atoms with Crippen LogP contribution >= 0.6 is 0 Å². The Morgan fingerprint density at radius 1 is 0.879 bits per heavy atom. The molecule has 1 aromatic heterocycles. The lowest BCUT2D eigenvalue weighted by Crippen LogP contribution is -2.53. The van der Waals surface area contributed by atoms with Crippen molar-refractivity contribution in [2.75, 3.05) is 0 Å². The fraction of sp³-hybridized carbons (Fsp3) is 0.500. The molecule has 0 radical (unpaired) electrons. The molecule has 5 nitrogen and oxygen atoms in total. The number of benzene rings is 2. The minimum atomic E-state index is -0.105. The molecule has 0 amide bonds. The normalized spacial score (nSPS) is 38.3. The number of allylic oxidation sites excluding steroid dienone is 2. The van der Waals surface area contributed by atoms with Crippen LogP contribution in [-0.2, 0) is 0 Å². The molecule has 7 atom stereocenters. The molecular formula is C28H29N3O2. The van der Waals surface area contributed by atoms with Crippen molar-refractivity contribution in [2.45, 2.75) is 58.2 Å². The van der Waals surface area contributed by atoms with Crippen molar-refractivity contribution >= 4 is 10.8 Å². The molecule has 2 aromatic carbocycles. The molecule has 2 saturated carbocycles. The van der Waals surface area contributed by atoms with Crippen molar-refractivity contribution in [1.82, 2.24) is 13.9 Å². The molecule has 5 heteroatoms. The summed E-state index contributed by atoms with van der Waals surface area (Å²) in [5.74, 6) is 1.16. The summed E-state index contributed by atoms with van der Waals surface area (Å²) in [6.07, 6.45) is 7.75. The Hall–Kier alpha value is -2.82. The van der Waals surface area contributed by atoms with E-state index < -0.39 is 0 Å². The largest absolute Gasteiger partial charge is 0.348 e. The Labute approximate surface area is 192 Å². The van der Waals surface area contributed by atoms with Gasteiger partial charge in [0.1, 0.15) is 0 Å². The van der Waals surface area contributed by atoms with Crippen molar-refractivity contribution in [3.63, 3.8) is 0 Å². The Bertz CT molecular complexity index is 1530. The first-order valence-corrected chi connectivity index (χ1v) is 12.5.